The molecule has 1 aliphatic rings. The van der Waals surface area contributed by atoms with Crippen LogP contribution >= 0.6 is 0 Å². The molecule has 0 aromatic heterocycles. The summed E-state index contributed by atoms with van der Waals surface area (Å²) in [5, 5.41) is 2.90. The van der Waals surface area contributed by atoms with Gasteiger partial charge in [0.25, 0.3) is 0 Å². The average molecular weight is 444 g/mol. The molecule has 1 saturated heterocycles. The van der Waals surface area contributed by atoms with E-state index >= 15 is 0 Å². The van der Waals surface area contributed by atoms with E-state index < -0.39 is 27.4 Å². The van der Waals surface area contributed by atoms with Gasteiger partial charge in [0.15, 0.2) is 0 Å². The fraction of sp³-hybridized carbons (Fsp3) is 0.391. The van der Waals surface area contributed by atoms with Crippen molar-refractivity contribution in [2.45, 2.75) is 39.8 Å². The van der Waals surface area contributed by atoms with Gasteiger partial charge in [0, 0.05) is 18.8 Å². The van der Waals surface area contributed by atoms with Gasteiger partial charge < -0.3 is 5.32 Å². The molecule has 0 saturated carbocycles. The van der Waals surface area contributed by atoms with Gasteiger partial charge in [-0.25, -0.2) is 8.42 Å². The van der Waals surface area contributed by atoms with Crippen LogP contribution in [0.3, 0.4) is 0 Å². The van der Waals surface area contributed by atoms with Crippen LogP contribution in [0.25, 0.3) is 0 Å². The van der Waals surface area contributed by atoms with Crippen molar-refractivity contribution in [3.8, 4) is 0 Å². The Balaban J connectivity index is 1.99. The van der Waals surface area contributed by atoms with E-state index in [4.69, 9.17) is 0 Å². The first-order valence-electron chi connectivity index (χ1n) is 10.1. The van der Waals surface area contributed by atoms with Gasteiger partial charge in [-0.05, 0) is 50.5 Å². The van der Waals surface area contributed by atoms with Gasteiger partial charge in [0.1, 0.15) is 5.54 Å². The molecular formula is C23H29N3O4S. The van der Waals surface area contributed by atoms with Crippen LogP contribution in [-0.4, -0.2) is 49.4 Å². The molecule has 7 nitrogen and oxygen atoms in total. The number of nitrogens with one attached hydrogen (secondary N) is 1. The lowest BCUT2D eigenvalue weighted by Crippen LogP contribution is -2.70. The molecule has 2 aromatic carbocycles. The Morgan fingerprint density at radius 3 is 2.29 bits per heavy atom. The topological polar surface area (TPSA) is 86.8 Å². The molecule has 1 heterocycles. The van der Waals surface area contributed by atoms with E-state index in [0.29, 0.717) is 5.69 Å². The molecule has 166 valence electrons. The van der Waals surface area contributed by atoms with Gasteiger partial charge in [0.2, 0.25) is 21.8 Å². The Morgan fingerprint density at radius 2 is 1.68 bits per heavy atom. The first kappa shape index (κ1) is 23.0. The molecule has 8 heteroatoms. The van der Waals surface area contributed by atoms with E-state index in [1.165, 1.54) is 4.90 Å². The molecule has 2 aromatic rings. The van der Waals surface area contributed by atoms with Crippen molar-refractivity contribution >= 4 is 27.5 Å². The Labute approximate surface area is 184 Å². The maximum absolute atomic E-state index is 13.4. The molecule has 2 amide bonds. The molecule has 31 heavy (non-hydrogen) atoms. The van der Waals surface area contributed by atoms with Crippen LogP contribution in [-0.2, 0) is 26.2 Å². The third-order valence-electron chi connectivity index (χ3n) is 5.68. The summed E-state index contributed by atoms with van der Waals surface area (Å²) in [6.45, 7) is 7.25. The normalized spacial score (nSPS) is 20.0. The Morgan fingerprint density at radius 1 is 1.06 bits per heavy atom. The zero-order valence-corrected chi connectivity index (χ0v) is 19.4. The Bertz CT molecular complexity index is 1110. The van der Waals surface area contributed by atoms with Gasteiger partial charge in [-0.2, -0.15) is 4.31 Å². The number of carbonyl (C=O) groups excluding carboxylic acids is 2. The Hall–Kier alpha value is -2.71. The average Bonchev–Trinajstić information content (AvgIpc) is 2.68. The molecule has 1 aliphatic heterocycles. The monoisotopic (exact) mass is 443 g/mol. The summed E-state index contributed by atoms with van der Waals surface area (Å²) < 4.78 is 25.6. The van der Waals surface area contributed by atoms with E-state index in [-0.39, 0.29) is 19.6 Å². The van der Waals surface area contributed by atoms with Crippen molar-refractivity contribution in [2.75, 3.05) is 24.2 Å². The molecule has 1 N–H and O–H groups in total. The number of aryl methyl sites for hydroxylation is 3. The number of anilines is 1. The first-order chi connectivity index (χ1) is 14.4. The third kappa shape index (κ3) is 4.80. The summed E-state index contributed by atoms with van der Waals surface area (Å²) in [5.74, 6) is -0.839. The largest absolute Gasteiger partial charge is 0.350 e. The lowest BCUT2D eigenvalue weighted by molar-refractivity contribution is -0.133. The van der Waals surface area contributed by atoms with Crippen LogP contribution in [0.15, 0.2) is 42.5 Å². The number of hydrogen-bond donors (Lipinski definition) is 1. The van der Waals surface area contributed by atoms with Crippen molar-refractivity contribution < 1.29 is 18.0 Å². The molecule has 0 bridgehead atoms. The fourth-order valence-electron chi connectivity index (χ4n) is 3.81. The summed E-state index contributed by atoms with van der Waals surface area (Å²) in [7, 11) is -3.65. The highest BCUT2D eigenvalue weighted by Crippen LogP contribution is 2.33. The van der Waals surface area contributed by atoms with E-state index in [1.54, 1.807) is 6.92 Å². The van der Waals surface area contributed by atoms with Gasteiger partial charge in [-0.1, -0.05) is 42.0 Å². The molecule has 0 radical (unpaired) electrons. The van der Waals surface area contributed by atoms with Crippen molar-refractivity contribution in [3.05, 3.63) is 64.7 Å². The number of carbonyl (C=O) groups is 2. The van der Waals surface area contributed by atoms with Crippen LogP contribution in [0, 0.1) is 20.8 Å². The second-order valence-electron chi connectivity index (χ2n) is 8.49. The van der Waals surface area contributed by atoms with Crippen molar-refractivity contribution in [1.82, 2.24) is 9.62 Å². The summed E-state index contributed by atoms with van der Waals surface area (Å²) in [4.78, 5) is 28.1. The summed E-state index contributed by atoms with van der Waals surface area (Å²) in [5.41, 5.74) is 3.03. The van der Waals surface area contributed by atoms with Crippen LogP contribution < -0.4 is 10.2 Å². The number of amides is 2. The molecule has 3 rings (SSSR count). The second kappa shape index (κ2) is 8.43. The van der Waals surface area contributed by atoms with Crippen LogP contribution in [0.2, 0.25) is 0 Å². The predicted molar refractivity (Wildman–Crippen MR) is 121 cm³/mol. The summed E-state index contributed by atoms with van der Waals surface area (Å²) in [6, 6.07) is 13.5. The lowest BCUT2D eigenvalue weighted by Gasteiger charge is -2.47. The second-order valence-corrected chi connectivity index (χ2v) is 10.5. The Kier molecular flexibility index (Phi) is 6.25. The van der Waals surface area contributed by atoms with Crippen molar-refractivity contribution in [2.24, 2.45) is 0 Å². The zero-order chi connectivity index (χ0) is 23.0. The smallest absolute Gasteiger partial charge is 0.247 e. The maximum atomic E-state index is 13.4. The van der Waals surface area contributed by atoms with Crippen molar-refractivity contribution in [3.63, 3.8) is 0 Å². The summed E-state index contributed by atoms with van der Waals surface area (Å²) >= 11 is 0. The highest BCUT2D eigenvalue weighted by molar-refractivity contribution is 7.88. The molecule has 1 atom stereocenters. The van der Waals surface area contributed by atoms with E-state index in [1.807, 2.05) is 63.2 Å². The van der Waals surface area contributed by atoms with E-state index in [0.717, 1.165) is 32.8 Å². The minimum Gasteiger partial charge on any atom is -0.350 e. The molecule has 0 unspecified atom stereocenters. The number of nitrogens with zero attached hydrogens (tertiary/aromatic N) is 2. The number of benzene rings is 2. The van der Waals surface area contributed by atoms with Gasteiger partial charge in [0.05, 0.1) is 12.8 Å². The molecule has 1 fully saturated rings. The highest BCUT2D eigenvalue weighted by Gasteiger charge is 2.50. The standard InChI is InChI=1S/C23H29N3O4S/c1-16-7-10-19(11-8-16)13-24-22(28)23(4)15-25(31(5,29)30)14-21(27)26(23)20-12-17(2)6-9-18(20)3/h6-12H,13-15H2,1-5H3,(H,24,28)/t23-/m1/s1. The third-order valence-corrected chi connectivity index (χ3v) is 6.87. The highest BCUT2D eigenvalue weighted by atomic mass is 32.2. The fourth-order valence-corrected chi connectivity index (χ4v) is 4.64. The number of rotatable bonds is 5. The van der Waals surface area contributed by atoms with Gasteiger partial charge in [-0.15, -0.1) is 0 Å². The van der Waals surface area contributed by atoms with Gasteiger partial charge >= 0.3 is 0 Å². The molecule has 0 spiro atoms. The minimum atomic E-state index is -3.65. The quantitative estimate of drug-likeness (QED) is 0.768. The predicted octanol–water partition coefficient (Wildman–Crippen LogP) is 2.30. The van der Waals surface area contributed by atoms with Crippen LogP contribution in [0.5, 0.6) is 0 Å². The van der Waals surface area contributed by atoms with Crippen molar-refractivity contribution in [1.29, 1.82) is 0 Å². The number of hydrogen-bond acceptors (Lipinski definition) is 4. The number of sulfonamides is 1. The SMILES string of the molecule is Cc1ccc(CNC(=O)[C@@]2(C)CN(S(C)(=O)=O)CC(=O)N2c2cc(C)ccc2C)cc1. The minimum absolute atomic E-state index is 0.120. The van der Waals surface area contributed by atoms with E-state index in [2.05, 4.69) is 5.32 Å². The first-order valence-corrected chi connectivity index (χ1v) is 12.0. The van der Waals surface area contributed by atoms with E-state index in [9.17, 15) is 18.0 Å². The maximum Gasteiger partial charge on any atom is 0.247 e. The summed E-state index contributed by atoms with van der Waals surface area (Å²) in [6.07, 6.45) is 1.05. The van der Waals surface area contributed by atoms with Crippen LogP contribution in [0.4, 0.5) is 5.69 Å². The number of piperazine rings is 1. The zero-order valence-electron chi connectivity index (χ0n) is 18.6. The van der Waals surface area contributed by atoms with Gasteiger partial charge in [-0.3, -0.25) is 14.5 Å². The lowest BCUT2D eigenvalue weighted by atomic mass is 9.93. The van der Waals surface area contributed by atoms with Crippen LogP contribution in [0.1, 0.15) is 29.2 Å². The molecule has 0 aliphatic carbocycles. The molecular weight excluding hydrogens is 414 g/mol.